The summed E-state index contributed by atoms with van der Waals surface area (Å²) in [5, 5.41) is 0.938. The molecule has 0 spiro atoms. The first-order valence-corrected chi connectivity index (χ1v) is 12.6. The predicted octanol–water partition coefficient (Wildman–Crippen LogP) is 7.25. The number of aromatic amines is 1. The lowest BCUT2D eigenvalue weighted by Crippen LogP contribution is -1.95. The second-order valence-corrected chi connectivity index (χ2v) is 9.45. The molecule has 2 aromatic carbocycles. The number of alkyl halides is 1. The Bertz CT molecular complexity index is 1020. The number of fused-ring (bicyclic) bond motifs is 1. The highest BCUT2D eigenvalue weighted by molar-refractivity contribution is 7.99. The lowest BCUT2D eigenvalue weighted by atomic mass is 10.2. The molecule has 4 rings (SSSR count). The number of nitrogens with zero attached hydrogens (tertiary/aromatic N) is 2. The standard InChI is InChI=1S/C17H18ClN3S2.C6H6S/c1-12-15(19-9-7-16(12)22-10-4-8-18)11-23-17-20-13-5-2-3-6-14(13)21-17;7-6-4-2-1-3-5-6/h2-3,5-7,9H,4,8,10-11H2,1H3,(H,20,21);1-5,7H. The van der Waals surface area contributed by atoms with Gasteiger partial charge in [-0.25, -0.2) is 4.98 Å². The van der Waals surface area contributed by atoms with Gasteiger partial charge in [-0.2, -0.15) is 0 Å². The number of nitrogens with one attached hydrogen (secondary N) is 1. The molecular formula is C23H24ClN3S3. The molecule has 0 saturated heterocycles. The van der Waals surface area contributed by atoms with Gasteiger partial charge in [0.15, 0.2) is 5.16 Å². The first-order valence-electron chi connectivity index (χ1n) is 9.62. The maximum absolute atomic E-state index is 5.75. The fourth-order valence-electron chi connectivity index (χ4n) is 2.66. The van der Waals surface area contributed by atoms with Crippen molar-refractivity contribution in [1.29, 1.82) is 0 Å². The molecule has 30 heavy (non-hydrogen) atoms. The predicted molar refractivity (Wildman–Crippen MR) is 134 cm³/mol. The lowest BCUT2D eigenvalue weighted by molar-refractivity contribution is 1.05. The number of para-hydroxylation sites is 2. The van der Waals surface area contributed by atoms with E-state index in [1.54, 1.807) is 11.8 Å². The zero-order valence-corrected chi connectivity index (χ0v) is 20.0. The van der Waals surface area contributed by atoms with Gasteiger partial charge in [0, 0.05) is 27.6 Å². The van der Waals surface area contributed by atoms with Crippen LogP contribution in [0.15, 0.2) is 81.8 Å². The van der Waals surface area contributed by atoms with Crippen molar-refractivity contribution in [3.63, 3.8) is 0 Å². The molecule has 0 bridgehead atoms. The number of hydrogen-bond donors (Lipinski definition) is 2. The number of pyridine rings is 1. The Kier molecular flexibility index (Phi) is 9.46. The molecule has 2 heterocycles. The molecule has 3 nitrogen and oxygen atoms in total. The van der Waals surface area contributed by atoms with Crippen LogP contribution in [0.1, 0.15) is 17.7 Å². The van der Waals surface area contributed by atoms with Crippen LogP contribution in [-0.4, -0.2) is 26.6 Å². The fourth-order valence-corrected chi connectivity index (χ4v) is 5.03. The third kappa shape index (κ3) is 6.98. The largest absolute Gasteiger partial charge is 0.333 e. The van der Waals surface area contributed by atoms with E-state index in [1.165, 1.54) is 10.5 Å². The number of imidazole rings is 1. The van der Waals surface area contributed by atoms with Crippen LogP contribution in [0, 0.1) is 6.92 Å². The molecular weight excluding hydrogens is 450 g/mol. The van der Waals surface area contributed by atoms with Gasteiger partial charge in [0.2, 0.25) is 0 Å². The van der Waals surface area contributed by atoms with Gasteiger partial charge in [0.1, 0.15) is 0 Å². The molecule has 0 aliphatic heterocycles. The number of rotatable bonds is 7. The second kappa shape index (κ2) is 12.3. The van der Waals surface area contributed by atoms with Crippen molar-refractivity contribution in [2.24, 2.45) is 0 Å². The van der Waals surface area contributed by atoms with Crippen LogP contribution in [0.4, 0.5) is 0 Å². The minimum absolute atomic E-state index is 0.714. The summed E-state index contributed by atoms with van der Waals surface area (Å²) in [6.07, 6.45) is 2.92. The maximum atomic E-state index is 5.75. The highest BCUT2D eigenvalue weighted by Gasteiger charge is 2.09. The molecule has 0 saturated carbocycles. The summed E-state index contributed by atoms with van der Waals surface area (Å²) >= 11 is 13.4. The van der Waals surface area contributed by atoms with Crippen molar-refractivity contribution in [3.8, 4) is 0 Å². The summed E-state index contributed by atoms with van der Waals surface area (Å²) in [6, 6.07) is 20.0. The Labute approximate surface area is 196 Å². The van der Waals surface area contributed by atoms with Gasteiger partial charge in [-0.1, -0.05) is 42.1 Å². The van der Waals surface area contributed by atoms with Crippen LogP contribution < -0.4 is 0 Å². The Morgan fingerprint density at radius 2 is 1.77 bits per heavy atom. The topological polar surface area (TPSA) is 41.6 Å². The average molecular weight is 474 g/mol. The van der Waals surface area contributed by atoms with Gasteiger partial charge >= 0.3 is 0 Å². The summed E-state index contributed by atoms with van der Waals surface area (Å²) in [5.74, 6) is 2.58. The van der Waals surface area contributed by atoms with Crippen LogP contribution in [0.25, 0.3) is 11.0 Å². The van der Waals surface area contributed by atoms with E-state index in [4.69, 9.17) is 11.6 Å². The van der Waals surface area contributed by atoms with E-state index in [0.29, 0.717) is 5.88 Å². The summed E-state index contributed by atoms with van der Waals surface area (Å²) in [4.78, 5) is 14.8. The molecule has 7 heteroatoms. The molecule has 2 aromatic heterocycles. The molecule has 4 aromatic rings. The molecule has 0 unspecified atom stereocenters. The van der Waals surface area contributed by atoms with Crippen LogP contribution in [-0.2, 0) is 5.75 Å². The third-order valence-corrected chi connectivity index (χ3v) is 6.96. The van der Waals surface area contributed by atoms with Gasteiger partial charge in [-0.15, -0.1) is 36.0 Å². The highest BCUT2D eigenvalue weighted by atomic mass is 35.5. The van der Waals surface area contributed by atoms with Crippen molar-refractivity contribution in [3.05, 3.63) is 78.1 Å². The van der Waals surface area contributed by atoms with Gasteiger partial charge in [-0.3, -0.25) is 4.98 Å². The lowest BCUT2D eigenvalue weighted by Gasteiger charge is -2.09. The fraction of sp³-hybridized carbons (Fsp3) is 0.217. The molecule has 0 fully saturated rings. The van der Waals surface area contributed by atoms with E-state index in [0.717, 1.165) is 44.7 Å². The zero-order valence-electron chi connectivity index (χ0n) is 16.7. The second-order valence-electron chi connectivity index (χ2n) is 6.46. The van der Waals surface area contributed by atoms with E-state index in [9.17, 15) is 0 Å². The minimum Gasteiger partial charge on any atom is -0.333 e. The number of aromatic nitrogens is 3. The SMILES string of the molecule is Cc1c(SCCCCl)ccnc1CSc1nc2ccccc2[nH]1.Sc1ccccc1. The van der Waals surface area contributed by atoms with Gasteiger partial charge < -0.3 is 4.98 Å². The molecule has 0 atom stereocenters. The summed E-state index contributed by atoms with van der Waals surface area (Å²) < 4.78 is 0. The Balaban J connectivity index is 0.000000310. The Morgan fingerprint density at radius 3 is 2.47 bits per heavy atom. The van der Waals surface area contributed by atoms with Crippen LogP contribution in [0.5, 0.6) is 0 Å². The molecule has 0 amide bonds. The normalized spacial score (nSPS) is 10.6. The van der Waals surface area contributed by atoms with E-state index >= 15 is 0 Å². The quantitative estimate of drug-likeness (QED) is 0.128. The van der Waals surface area contributed by atoms with Crippen LogP contribution in [0.2, 0.25) is 0 Å². The number of thioether (sulfide) groups is 2. The number of H-pyrrole nitrogens is 1. The molecule has 156 valence electrons. The first kappa shape index (κ1) is 23.1. The maximum Gasteiger partial charge on any atom is 0.166 e. The van der Waals surface area contributed by atoms with Crippen LogP contribution >= 0.6 is 47.8 Å². The van der Waals surface area contributed by atoms with Crippen molar-refractivity contribution >= 4 is 58.8 Å². The van der Waals surface area contributed by atoms with Crippen LogP contribution in [0.3, 0.4) is 0 Å². The van der Waals surface area contributed by atoms with Crippen molar-refractivity contribution < 1.29 is 0 Å². The zero-order chi connectivity index (χ0) is 21.2. The first-order chi connectivity index (χ1) is 14.7. The number of benzene rings is 2. The van der Waals surface area contributed by atoms with Crippen molar-refractivity contribution in [2.75, 3.05) is 11.6 Å². The number of thiol groups is 1. The molecule has 0 aliphatic rings. The summed E-state index contributed by atoms with van der Waals surface area (Å²) in [6.45, 7) is 2.14. The minimum atomic E-state index is 0.714. The number of halogens is 1. The Morgan fingerprint density at radius 1 is 1.00 bits per heavy atom. The van der Waals surface area contributed by atoms with E-state index in [-0.39, 0.29) is 0 Å². The smallest absolute Gasteiger partial charge is 0.166 e. The van der Waals surface area contributed by atoms with E-state index in [2.05, 4.69) is 40.6 Å². The Hall–Kier alpha value is -1.60. The highest BCUT2D eigenvalue weighted by Crippen LogP contribution is 2.28. The summed E-state index contributed by atoms with van der Waals surface area (Å²) in [7, 11) is 0. The summed E-state index contributed by atoms with van der Waals surface area (Å²) in [5.41, 5.74) is 4.46. The van der Waals surface area contributed by atoms with Gasteiger partial charge in [-0.05, 0) is 55.0 Å². The van der Waals surface area contributed by atoms with Crippen molar-refractivity contribution in [2.45, 2.75) is 34.0 Å². The monoisotopic (exact) mass is 473 g/mol. The van der Waals surface area contributed by atoms with Crippen molar-refractivity contribution in [1.82, 2.24) is 15.0 Å². The van der Waals surface area contributed by atoms with Gasteiger partial charge in [0.25, 0.3) is 0 Å². The molecule has 0 radical (unpaired) electrons. The number of hydrogen-bond acceptors (Lipinski definition) is 5. The third-order valence-electron chi connectivity index (χ3n) is 4.26. The molecule has 0 aliphatic carbocycles. The average Bonchev–Trinajstić information content (AvgIpc) is 3.18. The van der Waals surface area contributed by atoms with E-state index < -0.39 is 0 Å². The van der Waals surface area contributed by atoms with Gasteiger partial charge in [0.05, 0.1) is 16.7 Å². The molecule has 1 N–H and O–H groups in total. The van der Waals surface area contributed by atoms with E-state index in [1.807, 2.05) is 72.6 Å².